The van der Waals surface area contributed by atoms with Crippen molar-refractivity contribution in [3.05, 3.63) is 70.9 Å². The zero-order chi connectivity index (χ0) is 34.5. The number of amides is 1. The standard InChI is InChI=1S/C36H45F4N5O3S/c37-27-11-16-42(17-12-27)19-20-49-32-21-26(9-10-30(32)36(38,39)40)33-29-24-44(35(48)34(47)25-7-3-1-4-8-25)18-13-31(29)45(41-33)23-28(46)22-43-14-5-2-6-15-43/h1,3-4,7-10,21,27-28,34,46-47H,2,5-6,11-20,22-24H2. The minimum Gasteiger partial charge on any atom is -0.390 e. The second-order valence-electron chi connectivity index (χ2n) is 13.4. The molecule has 1 aromatic heterocycles. The third kappa shape index (κ3) is 8.86. The van der Waals surface area contributed by atoms with E-state index >= 15 is 0 Å². The molecular weight excluding hydrogens is 658 g/mol. The van der Waals surface area contributed by atoms with Crippen molar-refractivity contribution in [1.82, 2.24) is 24.5 Å². The van der Waals surface area contributed by atoms with Gasteiger partial charge in [-0.3, -0.25) is 9.48 Å². The van der Waals surface area contributed by atoms with Crippen molar-refractivity contribution in [2.24, 2.45) is 0 Å². The van der Waals surface area contributed by atoms with Gasteiger partial charge in [0.2, 0.25) is 0 Å². The third-order valence-corrected chi connectivity index (χ3v) is 10.9. The molecule has 8 nitrogen and oxygen atoms in total. The number of benzene rings is 2. The molecule has 3 aliphatic heterocycles. The lowest BCUT2D eigenvalue weighted by molar-refractivity contribution is -0.141. The van der Waals surface area contributed by atoms with Gasteiger partial charge in [0.05, 0.1) is 23.9 Å². The van der Waals surface area contributed by atoms with Crippen LogP contribution in [0.5, 0.6) is 0 Å². The van der Waals surface area contributed by atoms with E-state index in [2.05, 4.69) is 9.80 Å². The highest BCUT2D eigenvalue weighted by atomic mass is 32.2. The molecule has 2 fully saturated rings. The number of rotatable bonds is 11. The van der Waals surface area contributed by atoms with Crippen molar-refractivity contribution in [1.29, 1.82) is 0 Å². The predicted molar refractivity (Wildman–Crippen MR) is 181 cm³/mol. The highest BCUT2D eigenvalue weighted by Crippen LogP contribution is 2.40. The van der Waals surface area contributed by atoms with Crippen molar-refractivity contribution >= 4 is 17.7 Å². The van der Waals surface area contributed by atoms with Crippen molar-refractivity contribution < 1.29 is 32.6 Å². The lowest BCUT2D eigenvalue weighted by Crippen LogP contribution is -2.40. The molecule has 0 radical (unpaired) electrons. The van der Waals surface area contributed by atoms with Crippen molar-refractivity contribution in [2.75, 3.05) is 51.6 Å². The Morgan fingerprint density at radius 2 is 1.67 bits per heavy atom. The number of carbonyl (C=O) groups excluding carboxylic acids is 1. The second kappa shape index (κ2) is 15.9. The third-order valence-electron chi connectivity index (χ3n) is 9.84. The molecule has 2 saturated heterocycles. The molecule has 2 unspecified atom stereocenters. The number of thioether (sulfide) groups is 1. The van der Waals surface area contributed by atoms with Crippen LogP contribution in [0.4, 0.5) is 17.6 Å². The Hall–Kier alpha value is -2.97. The van der Waals surface area contributed by atoms with Crippen LogP contribution in [0.3, 0.4) is 0 Å². The van der Waals surface area contributed by atoms with Gasteiger partial charge in [-0.2, -0.15) is 18.3 Å². The molecular formula is C36H45F4N5O3S. The van der Waals surface area contributed by atoms with E-state index in [0.29, 0.717) is 80.1 Å². The van der Waals surface area contributed by atoms with Gasteiger partial charge in [-0.15, -0.1) is 11.8 Å². The first-order valence-electron chi connectivity index (χ1n) is 17.3. The average molecular weight is 704 g/mol. The Morgan fingerprint density at radius 3 is 2.39 bits per heavy atom. The van der Waals surface area contributed by atoms with E-state index in [1.165, 1.54) is 18.6 Å². The molecule has 0 bridgehead atoms. The summed E-state index contributed by atoms with van der Waals surface area (Å²) in [5.41, 5.74) is 2.25. The molecule has 13 heteroatoms. The van der Waals surface area contributed by atoms with Crippen LogP contribution in [0.1, 0.15) is 60.6 Å². The molecule has 0 saturated carbocycles. The van der Waals surface area contributed by atoms with Crippen LogP contribution >= 0.6 is 11.8 Å². The number of hydrogen-bond donors (Lipinski definition) is 2. The molecule has 3 aliphatic rings. The number of nitrogens with zero attached hydrogens (tertiary/aromatic N) is 5. The number of aromatic nitrogens is 2. The molecule has 2 N–H and O–H groups in total. The van der Waals surface area contributed by atoms with Crippen LogP contribution in [0, 0.1) is 0 Å². The maximum Gasteiger partial charge on any atom is 0.417 e. The lowest BCUT2D eigenvalue weighted by Gasteiger charge is -2.30. The molecule has 266 valence electrons. The maximum absolute atomic E-state index is 14.2. The minimum absolute atomic E-state index is 0.0852. The monoisotopic (exact) mass is 703 g/mol. The number of aliphatic hydroxyl groups is 2. The van der Waals surface area contributed by atoms with E-state index < -0.39 is 36.0 Å². The molecule has 0 aliphatic carbocycles. The summed E-state index contributed by atoms with van der Waals surface area (Å²) in [7, 11) is 0. The number of piperidine rings is 2. The van der Waals surface area contributed by atoms with Gasteiger partial charge in [0.1, 0.15) is 6.17 Å². The number of β-amino-alcohol motifs (C(OH)–C–C–N with tert-alkyl or cyclic N) is 1. The Kier molecular flexibility index (Phi) is 11.7. The van der Waals surface area contributed by atoms with Crippen LogP contribution < -0.4 is 0 Å². The van der Waals surface area contributed by atoms with Gasteiger partial charge in [-0.25, -0.2) is 4.39 Å². The summed E-state index contributed by atoms with van der Waals surface area (Å²) in [6.07, 6.45) is -2.75. The molecule has 49 heavy (non-hydrogen) atoms. The van der Waals surface area contributed by atoms with Crippen molar-refractivity contribution in [3.8, 4) is 11.3 Å². The van der Waals surface area contributed by atoms with Crippen LogP contribution in [0.15, 0.2) is 53.4 Å². The summed E-state index contributed by atoms with van der Waals surface area (Å²) in [4.78, 5) is 19.5. The first kappa shape index (κ1) is 35.8. The van der Waals surface area contributed by atoms with Crippen molar-refractivity contribution in [2.45, 2.75) is 81.1 Å². The highest BCUT2D eigenvalue weighted by Gasteiger charge is 2.36. The second-order valence-corrected chi connectivity index (χ2v) is 14.5. The Morgan fingerprint density at radius 1 is 0.939 bits per heavy atom. The van der Waals surface area contributed by atoms with Gasteiger partial charge >= 0.3 is 6.18 Å². The van der Waals surface area contributed by atoms with Crippen LogP contribution in [-0.2, 0) is 30.5 Å². The summed E-state index contributed by atoms with van der Waals surface area (Å²) in [5, 5.41) is 26.9. The smallest absolute Gasteiger partial charge is 0.390 e. The van der Waals surface area contributed by atoms with Crippen LogP contribution in [0.2, 0.25) is 0 Å². The Labute approximate surface area is 289 Å². The van der Waals surface area contributed by atoms with Gasteiger partial charge in [0, 0.05) is 73.2 Å². The first-order valence-corrected chi connectivity index (χ1v) is 18.3. The number of likely N-dealkylation sites (tertiary alicyclic amines) is 2. The fourth-order valence-corrected chi connectivity index (χ4v) is 8.26. The van der Waals surface area contributed by atoms with E-state index in [0.717, 1.165) is 49.5 Å². The number of halogens is 4. The van der Waals surface area contributed by atoms with E-state index in [9.17, 15) is 32.6 Å². The SMILES string of the molecule is O=C(C(O)c1ccccc1)N1CCc2c(c(-c3ccc(C(F)(F)F)c(SCCN4CCC(F)CC4)c3)nn2CC(O)CN2CCCCC2)C1. The molecule has 0 spiro atoms. The van der Waals surface area contributed by atoms with Gasteiger partial charge in [-0.1, -0.05) is 42.8 Å². The van der Waals surface area contributed by atoms with Gasteiger partial charge < -0.3 is 24.9 Å². The number of hydrogen-bond acceptors (Lipinski definition) is 7. The van der Waals surface area contributed by atoms with E-state index in [4.69, 9.17) is 5.10 Å². The summed E-state index contributed by atoms with van der Waals surface area (Å²) < 4.78 is 57.9. The number of aliphatic hydroxyl groups excluding tert-OH is 2. The maximum atomic E-state index is 14.2. The molecule has 2 aromatic carbocycles. The van der Waals surface area contributed by atoms with E-state index in [1.807, 2.05) is 0 Å². The lowest BCUT2D eigenvalue weighted by atomic mass is 9.98. The van der Waals surface area contributed by atoms with E-state index in [-0.39, 0.29) is 18.0 Å². The first-order chi connectivity index (χ1) is 23.6. The fraction of sp³-hybridized carbons (Fsp3) is 0.556. The number of fused-ring (bicyclic) bond motifs is 1. The minimum atomic E-state index is -4.55. The molecule has 1 amide bonds. The fourth-order valence-electron chi connectivity index (χ4n) is 7.14. The Bertz CT molecular complexity index is 1560. The van der Waals surface area contributed by atoms with Gasteiger partial charge in [0.15, 0.2) is 6.10 Å². The number of carbonyl (C=O) groups is 1. The summed E-state index contributed by atoms with van der Waals surface area (Å²) in [6.45, 7) is 4.78. The van der Waals surface area contributed by atoms with Gasteiger partial charge in [-0.05, 0) is 56.5 Å². The topological polar surface area (TPSA) is 85.1 Å². The largest absolute Gasteiger partial charge is 0.417 e. The molecule has 3 aromatic rings. The molecule has 4 heterocycles. The summed E-state index contributed by atoms with van der Waals surface area (Å²) in [6, 6.07) is 12.7. The predicted octanol–water partition coefficient (Wildman–Crippen LogP) is 5.56. The number of alkyl halides is 4. The normalized spacial score (nSPS) is 19.5. The highest BCUT2D eigenvalue weighted by molar-refractivity contribution is 7.99. The van der Waals surface area contributed by atoms with Gasteiger partial charge in [0.25, 0.3) is 5.91 Å². The quantitative estimate of drug-likeness (QED) is 0.200. The molecule has 2 atom stereocenters. The van der Waals surface area contributed by atoms with Crippen LogP contribution in [-0.4, -0.2) is 104 Å². The zero-order valence-electron chi connectivity index (χ0n) is 27.6. The van der Waals surface area contributed by atoms with Crippen molar-refractivity contribution in [3.63, 3.8) is 0 Å². The summed E-state index contributed by atoms with van der Waals surface area (Å²) in [5.74, 6) is -0.0422. The zero-order valence-corrected chi connectivity index (χ0v) is 28.4. The van der Waals surface area contributed by atoms with Crippen LogP contribution in [0.25, 0.3) is 11.3 Å². The van der Waals surface area contributed by atoms with E-state index in [1.54, 1.807) is 39.9 Å². The summed E-state index contributed by atoms with van der Waals surface area (Å²) >= 11 is 1.13. The Balaban J connectivity index is 1.28. The molecule has 6 rings (SSSR count). The average Bonchev–Trinajstić information content (AvgIpc) is 3.46.